The lowest BCUT2D eigenvalue weighted by atomic mass is 10.9. The third-order valence-electron chi connectivity index (χ3n) is 0.978. The minimum absolute atomic E-state index is 1.43. The van der Waals surface area contributed by atoms with Crippen LogP contribution in [0.25, 0.3) is 0 Å². The van der Waals surface area contributed by atoms with Crippen LogP contribution in [0.4, 0.5) is 0 Å². The van der Waals surface area contributed by atoms with Crippen molar-refractivity contribution >= 4 is 46.2 Å². The van der Waals surface area contributed by atoms with Crippen molar-refractivity contribution in [3.8, 4) is 0 Å². The highest BCUT2D eigenvalue weighted by Crippen LogP contribution is 2.48. The molecule has 0 aliphatic carbocycles. The van der Waals surface area contributed by atoms with Crippen LogP contribution in [0.15, 0.2) is 21.6 Å². The third-order valence-corrected chi connectivity index (χ3v) is 5.76. The standard InChI is InChI=1S/C6H4S4/c1-2-8-5(7-1)6-9-3-4-10-6/h1-4H/q+1. The van der Waals surface area contributed by atoms with Crippen molar-refractivity contribution in [2.24, 2.45) is 0 Å². The van der Waals surface area contributed by atoms with Gasteiger partial charge in [-0.1, -0.05) is 0 Å². The molecule has 0 aromatic carbocycles. The molecule has 0 N–H and O–H groups in total. The van der Waals surface area contributed by atoms with E-state index in [9.17, 15) is 0 Å². The van der Waals surface area contributed by atoms with E-state index in [0.29, 0.717) is 0 Å². The molecular weight excluding hydrogens is 200 g/mol. The highest BCUT2D eigenvalue weighted by atomic mass is 32.2. The normalized spacial score (nSPS) is 18.4. The molecule has 0 saturated carbocycles. The van der Waals surface area contributed by atoms with Gasteiger partial charge in [0.15, 0.2) is 4.58 Å². The fourth-order valence-electron chi connectivity index (χ4n) is 0.606. The number of hydrogen-bond acceptors (Lipinski definition) is 3. The van der Waals surface area contributed by atoms with Crippen LogP contribution in [0.1, 0.15) is 4.19 Å². The molecule has 1 aliphatic rings. The topological polar surface area (TPSA) is 0 Å². The molecule has 51 valence electrons. The van der Waals surface area contributed by atoms with Gasteiger partial charge in [-0.25, -0.2) is 0 Å². The molecule has 0 unspecified atom stereocenters. The second kappa shape index (κ2) is 3.26. The van der Waals surface area contributed by atoms with E-state index < -0.39 is 0 Å². The summed E-state index contributed by atoms with van der Waals surface area (Å²) in [6.45, 7) is 0. The molecule has 0 spiro atoms. The van der Waals surface area contributed by atoms with Gasteiger partial charge in [0, 0.05) is 0 Å². The maximum atomic E-state index is 2.13. The molecule has 4 heteroatoms. The van der Waals surface area contributed by atoms with E-state index in [0.717, 1.165) is 0 Å². The maximum absolute atomic E-state index is 2.13. The quantitative estimate of drug-likeness (QED) is 0.637. The lowest BCUT2D eigenvalue weighted by Gasteiger charge is -1.91. The van der Waals surface area contributed by atoms with Gasteiger partial charge in [0.2, 0.25) is 0 Å². The molecule has 1 aromatic rings. The zero-order chi connectivity index (χ0) is 6.81. The molecule has 0 nitrogen and oxygen atoms in total. The van der Waals surface area contributed by atoms with Crippen molar-refractivity contribution in [1.29, 1.82) is 0 Å². The number of hydrogen-bond donors (Lipinski definition) is 0. The maximum Gasteiger partial charge on any atom is 0.283 e. The zero-order valence-corrected chi connectivity index (χ0v) is 8.21. The smallest absolute Gasteiger partial charge is 0.102 e. The predicted molar refractivity (Wildman–Crippen MR) is 53.3 cm³/mol. The number of thioether (sulfide) groups is 2. The average molecular weight is 204 g/mol. The summed E-state index contributed by atoms with van der Waals surface area (Å²) in [6.07, 6.45) is 0. The van der Waals surface area contributed by atoms with E-state index >= 15 is 0 Å². The monoisotopic (exact) mass is 204 g/mol. The summed E-state index contributed by atoms with van der Waals surface area (Å²) >= 11 is 7.28. The van der Waals surface area contributed by atoms with Crippen LogP contribution in [0.3, 0.4) is 0 Å². The predicted octanol–water partition coefficient (Wildman–Crippen LogP) is 3.88. The first-order valence-electron chi connectivity index (χ1n) is 2.68. The molecule has 2 rings (SSSR count). The third kappa shape index (κ3) is 1.39. The van der Waals surface area contributed by atoms with Crippen molar-refractivity contribution in [2.75, 3.05) is 0 Å². The van der Waals surface area contributed by atoms with E-state index in [4.69, 9.17) is 0 Å². The minimum atomic E-state index is 1.43. The van der Waals surface area contributed by atoms with Crippen molar-refractivity contribution in [1.82, 2.24) is 0 Å². The Morgan fingerprint density at radius 1 is 1.20 bits per heavy atom. The van der Waals surface area contributed by atoms with Gasteiger partial charge in [-0.2, -0.15) is 0 Å². The molecule has 0 amide bonds. The summed E-state index contributed by atoms with van der Waals surface area (Å²) < 4.78 is 2.86. The van der Waals surface area contributed by atoms with Crippen LogP contribution in [0, 0.1) is 4.58 Å². The molecule has 1 aliphatic heterocycles. The number of rotatable bonds is 1. The Hall–Kier alpha value is 0.490. The van der Waals surface area contributed by atoms with E-state index in [1.807, 2.05) is 46.2 Å². The molecule has 0 fully saturated rings. The minimum Gasteiger partial charge on any atom is -0.102 e. The lowest BCUT2D eigenvalue weighted by molar-refractivity contribution is 2.01. The van der Waals surface area contributed by atoms with Crippen LogP contribution in [0.2, 0.25) is 0 Å². The van der Waals surface area contributed by atoms with E-state index in [2.05, 4.69) is 21.6 Å². The average Bonchev–Trinajstić information content (AvgIpc) is 2.59. The first-order valence-corrected chi connectivity index (χ1v) is 6.19. The van der Waals surface area contributed by atoms with Gasteiger partial charge in [0.1, 0.15) is 10.8 Å². The van der Waals surface area contributed by atoms with Crippen LogP contribution in [-0.4, -0.2) is 0 Å². The fourth-order valence-corrected chi connectivity index (χ4v) is 4.64. The Kier molecular flexibility index (Phi) is 2.33. The highest BCUT2D eigenvalue weighted by molar-refractivity contribution is 8.26. The van der Waals surface area contributed by atoms with Gasteiger partial charge in [0.25, 0.3) is 4.19 Å². The molecular formula is C6H4S4+. The van der Waals surface area contributed by atoms with Crippen LogP contribution in [-0.2, 0) is 0 Å². The summed E-state index contributed by atoms with van der Waals surface area (Å²) in [4.78, 5) is 0. The molecule has 1 radical (unpaired) electrons. The van der Waals surface area contributed by atoms with Gasteiger partial charge in [-0.15, -0.1) is 23.5 Å². The Morgan fingerprint density at radius 3 is 2.60 bits per heavy atom. The second-order valence-electron chi connectivity index (χ2n) is 1.59. The van der Waals surface area contributed by atoms with Gasteiger partial charge >= 0.3 is 0 Å². The molecule has 0 bridgehead atoms. The van der Waals surface area contributed by atoms with Crippen LogP contribution < -0.4 is 0 Å². The zero-order valence-electron chi connectivity index (χ0n) is 4.94. The van der Waals surface area contributed by atoms with Gasteiger partial charge in [-0.3, -0.25) is 0 Å². The molecule has 10 heavy (non-hydrogen) atoms. The fraction of sp³-hybridized carbons (Fsp3) is 0. The van der Waals surface area contributed by atoms with Crippen molar-refractivity contribution in [3.63, 3.8) is 0 Å². The second-order valence-corrected chi connectivity index (χ2v) is 5.77. The highest BCUT2D eigenvalue weighted by Gasteiger charge is 2.25. The summed E-state index contributed by atoms with van der Waals surface area (Å²) in [5.74, 6) is 0. The molecule has 2 heterocycles. The lowest BCUT2D eigenvalue weighted by Crippen LogP contribution is -1.73. The van der Waals surface area contributed by atoms with E-state index in [1.54, 1.807) is 0 Å². The first kappa shape index (κ1) is 7.16. The van der Waals surface area contributed by atoms with Crippen molar-refractivity contribution < 1.29 is 0 Å². The van der Waals surface area contributed by atoms with Gasteiger partial charge in [0.05, 0.1) is 22.7 Å². The molecule has 0 saturated heterocycles. The Balaban J connectivity index is 2.14. The summed E-state index contributed by atoms with van der Waals surface area (Å²) in [5.41, 5.74) is 0. The summed E-state index contributed by atoms with van der Waals surface area (Å²) in [7, 11) is 0. The van der Waals surface area contributed by atoms with Crippen molar-refractivity contribution in [2.45, 2.75) is 0 Å². The first-order chi connectivity index (χ1) is 4.97. The van der Waals surface area contributed by atoms with Gasteiger partial charge < -0.3 is 0 Å². The summed E-state index contributed by atoms with van der Waals surface area (Å²) in [6, 6.07) is 0. The largest absolute Gasteiger partial charge is 0.283 e. The van der Waals surface area contributed by atoms with Gasteiger partial charge in [-0.05, 0) is 10.8 Å². The SMILES string of the molecule is C1=CS[C](c2scc[s+]2)S1. The van der Waals surface area contributed by atoms with E-state index in [1.165, 1.54) is 8.77 Å². The van der Waals surface area contributed by atoms with Crippen LogP contribution in [0.5, 0.6) is 0 Å². The summed E-state index contributed by atoms with van der Waals surface area (Å²) in [5, 5.41) is 8.53. The van der Waals surface area contributed by atoms with Crippen LogP contribution >= 0.6 is 46.2 Å². The Bertz CT molecular complexity index is 218. The Morgan fingerprint density at radius 2 is 2.00 bits per heavy atom. The van der Waals surface area contributed by atoms with E-state index in [-0.39, 0.29) is 0 Å². The molecule has 0 atom stereocenters. The Labute approximate surface area is 76.4 Å². The molecule has 1 aromatic heterocycles. The van der Waals surface area contributed by atoms with Crippen molar-refractivity contribution in [3.05, 3.63) is 30.3 Å².